The van der Waals surface area contributed by atoms with E-state index in [1.165, 1.54) is 82.6 Å². The molecule has 2 saturated heterocycles. The Morgan fingerprint density at radius 2 is 1.20 bits per heavy atom. The zero-order valence-corrected chi connectivity index (χ0v) is 32.3. The van der Waals surface area contributed by atoms with Crippen molar-refractivity contribution >= 4 is 65.7 Å². The number of amides is 5. The van der Waals surface area contributed by atoms with Crippen LogP contribution in [-0.4, -0.2) is 104 Å². The van der Waals surface area contributed by atoms with Crippen LogP contribution < -0.4 is 16.0 Å². The third kappa shape index (κ3) is 12.6. The van der Waals surface area contributed by atoms with Crippen LogP contribution in [0.3, 0.4) is 0 Å². The van der Waals surface area contributed by atoms with Gasteiger partial charge in [0.1, 0.15) is 25.9 Å². The van der Waals surface area contributed by atoms with Gasteiger partial charge >= 0.3 is 18.3 Å². The minimum atomic E-state index is -1.17. The molecule has 0 unspecified atom stereocenters. The molecule has 2 atom stereocenters. The Hall–Kier alpha value is -7.37. The van der Waals surface area contributed by atoms with Crippen molar-refractivity contribution in [2.24, 2.45) is 4.99 Å². The first-order chi connectivity index (χ1) is 28.6. The summed E-state index contributed by atoms with van der Waals surface area (Å²) >= 11 is 4.45. The molecule has 0 bridgehead atoms. The topological polar surface area (TPSA) is 297 Å². The molecule has 24 heteroatoms. The summed E-state index contributed by atoms with van der Waals surface area (Å²) < 4.78 is 15.6. The molecule has 23 nitrogen and oxygen atoms in total. The zero-order chi connectivity index (χ0) is 43.3. The smallest absolute Gasteiger partial charge is 0.437 e. The van der Waals surface area contributed by atoms with Gasteiger partial charge in [-0.3, -0.25) is 50.1 Å². The van der Waals surface area contributed by atoms with E-state index in [2.05, 4.69) is 33.6 Å². The van der Waals surface area contributed by atoms with Crippen LogP contribution in [-0.2, 0) is 43.6 Å². The van der Waals surface area contributed by atoms with Gasteiger partial charge in [-0.15, -0.1) is 4.99 Å². The van der Waals surface area contributed by atoms with E-state index >= 15 is 0 Å². The van der Waals surface area contributed by atoms with E-state index in [9.17, 15) is 54.3 Å². The second-order valence-electron chi connectivity index (χ2n) is 13.3. The molecule has 2 aliphatic heterocycles. The molecule has 3 N–H and O–H groups in total. The van der Waals surface area contributed by atoms with E-state index in [-0.39, 0.29) is 87.1 Å². The van der Waals surface area contributed by atoms with E-state index in [1.54, 1.807) is 0 Å². The number of hydrogen-bond acceptors (Lipinski definition) is 15. The molecule has 3 aromatic carbocycles. The van der Waals surface area contributed by atoms with Gasteiger partial charge in [-0.05, 0) is 59.5 Å². The number of nitrogens with zero attached hydrogens (tertiary/aromatic N) is 6. The van der Waals surface area contributed by atoms with Gasteiger partial charge in [-0.25, -0.2) is 14.4 Å². The van der Waals surface area contributed by atoms with Crippen LogP contribution in [0.1, 0.15) is 29.5 Å². The fraction of sp³-hybridized carbons (Fsp3) is 0.333. The van der Waals surface area contributed by atoms with Gasteiger partial charge in [0.15, 0.2) is 0 Å². The maximum Gasteiger partial charge on any atom is 0.437 e. The normalized spacial score (nSPS) is 16.2. The number of thiol groups is 1. The quantitative estimate of drug-likeness (QED) is 0.0452. The molecule has 5 amide bonds. The van der Waals surface area contributed by atoms with Crippen LogP contribution in [0.4, 0.5) is 31.4 Å². The fourth-order valence-electron chi connectivity index (χ4n) is 5.84. The first kappa shape index (κ1) is 43.7. The maximum absolute atomic E-state index is 13.4. The maximum atomic E-state index is 13.4. The van der Waals surface area contributed by atoms with Gasteiger partial charge in [0.2, 0.25) is 17.8 Å². The lowest BCUT2D eigenvalue weighted by Gasteiger charge is -2.41. The van der Waals surface area contributed by atoms with Crippen molar-refractivity contribution in [2.45, 2.75) is 50.0 Å². The monoisotopic (exact) mass is 851 g/mol. The third-order valence-electron chi connectivity index (χ3n) is 8.96. The number of aliphatic imine (C=N–C) groups is 1. The van der Waals surface area contributed by atoms with E-state index < -0.39 is 57.0 Å². The summed E-state index contributed by atoms with van der Waals surface area (Å²) in [5, 5.41) is 40.1. The Labute approximate surface area is 344 Å². The van der Waals surface area contributed by atoms with Crippen molar-refractivity contribution in [3.8, 4) is 0 Å². The van der Waals surface area contributed by atoms with Gasteiger partial charge < -0.3 is 29.7 Å². The van der Waals surface area contributed by atoms with Crippen LogP contribution in [0, 0.1) is 30.3 Å². The fourth-order valence-corrected chi connectivity index (χ4v) is 6.21. The minimum absolute atomic E-state index is 0.111. The number of carbonyl (C=O) groups excluding carboxylic acids is 5. The van der Waals surface area contributed by atoms with Crippen molar-refractivity contribution in [1.29, 1.82) is 0 Å². The molecule has 5 rings (SSSR count). The summed E-state index contributed by atoms with van der Waals surface area (Å²) in [7, 11) is 0. The van der Waals surface area contributed by atoms with E-state index in [4.69, 9.17) is 14.2 Å². The van der Waals surface area contributed by atoms with Gasteiger partial charge in [0, 0.05) is 74.2 Å². The molecule has 0 aromatic heterocycles. The van der Waals surface area contributed by atoms with Crippen molar-refractivity contribution in [3.63, 3.8) is 0 Å². The molecule has 0 radical (unpaired) electrons. The average Bonchev–Trinajstić information content (AvgIpc) is 3.61. The lowest BCUT2D eigenvalue weighted by atomic mass is 10.1. The SMILES string of the molecule is O=C(CCN/C(=N\C(=O)OCc1ccc([N+](=O)[O-])cc1)NC(=O)OCc1ccc([N+](=O)[O-])cc1)NC1CN(C(=O)[C@@H]2C[C@H](S)CN2C(=O)OCc2ccc([N+](=O)[O-])cc2)C1. The molecule has 0 spiro atoms. The van der Waals surface area contributed by atoms with E-state index in [1.807, 2.05) is 0 Å². The van der Waals surface area contributed by atoms with Crippen molar-refractivity contribution in [2.75, 3.05) is 26.2 Å². The molecule has 2 fully saturated rings. The second-order valence-corrected chi connectivity index (χ2v) is 14.0. The highest BCUT2D eigenvalue weighted by Gasteiger charge is 2.44. The van der Waals surface area contributed by atoms with E-state index in [0.29, 0.717) is 16.7 Å². The summed E-state index contributed by atoms with van der Waals surface area (Å²) in [6.45, 7) is -0.448. The first-order valence-corrected chi connectivity index (χ1v) is 18.5. The number of ether oxygens (including phenoxy) is 3. The Morgan fingerprint density at radius 3 is 1.70 bits per heavy atom. The highest BCUT2D eigenvalue weighted by molar-refractivity contribution is 7.81. The predicted molar refractivity (Wildman–Crippen MR) is 209 cm³/mol. The Bertz CT molecular complexity index is 2130. The van der Waals surface area contributed by atoms with Crippen molar-refractivity contribution < 1.29 is 53.0 Å². The Morgan fingerprint density at radius 1 is 0.717 bits per heavy atom. The Kier molecular flexibility index (Phi) is 14.8. The number of hydrogen-bond donors (Lipinski definition) is 4. The first-order valence-electron chi connectivity index (χ1n) is 18.0. The third-order valence-corrected chi connectivity index (χ3v) is 9.34. The van der Waals surface area contributed by atoms with E-state index in [0.717, 1.165) is 0 Å². The van der Waals surface area contributed by atoms with Gasteiger partial charge in [-0.1, -0.05) is 0 Å². The number of nitrogens with one attached hydrogen (secondary N) is 3. The molecular weight excluding hydrogens is 815 g/mol. The number of carbonyl (C=O) groups is 5. The van der Waals surface area contributed by atoms with Crippen molar-refractivity contribution in [3.05, 3.63) is 120 Å². The predicted octanol–water partition coefficient (Wildman–Crippen LogP) is 3.35. The lowest BCUT2D eigenvalue weighted by molar-refractivity contribution is -0.385. The molecule has 3 aromatic rings. The lowest BCUT2D eigenvalue weighted by Crippen LogP contribution is -2.64. The molecular formula is C36H37N9O14S. The summed E-state index contributed by atoms with van der Waals surface area (Å²) in [5.41, 5.74) is 0.912. The average molecular weight is 852 g/mol. The van der Waals surface area contributed by atoms with Crippen LogP contribution in [0.2, 0.25) is 0 Å². The van der Waals surface area contributed by atoms with Crippen LogP contribution in [0.15, 0.2) is 77.8 Å². The highest BCUT2D eigenvalue weighted by Crippen LogP contribution is 2.26. The van der Waals surface area contributed by atoms with Crippen LogP contribution in [0.25, 0.3) is 0 Å². The number of nitro groups is 3. The number of nitro benzene ring substituents is 3. The highest BCUT2D eigenvalue weighted by atomic mass is 32.1. The summed E-state index contributed by atoms with van der Waals surface area (Å²) in [6, 6.07) is 14.7. The van der Waals surface area contributed by atoms with Gasteiger partial charge in [0.05, 0.1) is 20.8 Å². The van der Waals surface area contributed by atoms with Crippen molar-refractivity contribution in [1.82, 2.24) is 25.8 Å². The number of non-ortho nitro benzene ring substituents is 3. The minimum Gasteiger partial charge on any atom is -0.445 e. The standard InChI is InChI=1S/C36H37N9O14S/c46-31(38-25-16-41(17-25)32(47)30-15-29(60)18-42(30)36(50)59-21-24-5-11-28(12-6-24)45(55)56)13-14-37-33(39-34(48)57-19-22-1-7-26(8-2-22)43(51)52)40-35(49)58-20-23-3-9-27(10-4-23)44(53)54/h1-12,25,29-30,60H,13-21H2,(H,38,46)(H2,37,39,40,48,49)/t29-,30-/m0/s1. The largest absolute Gasteiger partial charge is 0.445 e. The number of likely N-dealkylation sites (tertiary alicyclic amines) is 2. The number of alkyl carbamates (subject to hydrolysis) is 1. The summed E-state index contributed by atoms with van der Waals surface area (Å²) in [4.78, 5) is 102. The number of rotatable bonds is 14. The van der Waals surface area contributed by atoms with Gasteiger partial charge in [0.25, 0.3) is 17.1 Å². The Balaban J connectivity index is 1.08. The van der Waals surface area contributed by atoms with Gasteiger partial charge in [-0.2, -0.15) is 12.6 Å². The zero-order valence-electron chi connectivity index (χ0n) is 31.4. The molecule has 2 aliphatic rings. The molecule has 2 heterocycles. The molecule has 60 heavy (non-hydrogen) atoms. The van der Waals surface area contributed by atoms with Crippen LogP contribution in [0.5, 0.6) is 0 Å². The second kappa shape index (κ2) is 20.4. The van der Waals surface area contributed by atoms with Crippen LogP contribution >= 0.6 is 12.6 Å². The summed E-state index contributed by atoms with van der Waals surface area (Å²) in [5.74, 6) is -1.24. The molecule has 316 valence electrons. The number of guanidine groups is 1. The number of benzene rings is 3. The molecule has 0 aliphatic carbocycles. The molecule has 0 saturated carbocycles. The summed E-state index contributed by atoms with van der Waals surface area (Å²) in [6.07, 6.45) is -2.89.